The summed E-state index contributed by atoms with van der Waals surface area (Å²) in [5.41, 5.74) is 0. The van der Waals surface area contributed by atoms with Gasteiger partial charge in [-0.25, -0.2) is 4.98 Å². The predicted molar refractivity (Wildman–Crippen MR) is 74.9 cm³/mol. The van der Waals surface area contributed by atoms with Crippen molar-refractivity contribution in [3.8, 4) is 0 Å². The lowest BCUT2D eigenvalue weighted by molar-refractivity contribution is -0.142. The summed E-state index contributed by atoms with van der Waals surface area (Å²) in [6.07, 6.45) is 2.23. The number of fused-ring (bicyclic) bond motifs is 1. The Balaban J connectivity index is 1.36. The number of nitrogens with one attached hydrogen (secondary N) is 1. The summed E-state index contributed by atoms with van der Waals surface area (Å²) in [6, 6.07) is 0. The number of nitrogens with zero attached hydrogens (tertiary/aromatic N) is 3. The van der Waals surface area contributed by atoms with Crippen LogP contribution in [0.4, 0.5) is 5.13 Å². The smallest absolute Gasteiger partial charge is 0.315 e. The summed E-state index contributed by atoms with van der Waals surface area (Å²) in [6.45, 7) is 2.61. The molecule has 0 bridgehead atoms. The Morgan fingerprint density at radius 2 is 1.95 bits per heavy atom. The first-order valence-electron chi connectivity index (χ1n) is 7.22. The normalized spacial score (nSPS) is 27.7. The van der Waals surface area contributed by atoms with Crippen LogP contribution >= 0.6 is 11.5 Å². The molecule has 3 aliphatic rings. The van der Waals surface area contributed by atoms with Crippen LogP contribution in [0.2, 0.25) is 0 Å². The zero-order valence-electron chi connectivity index (χ0n) is 11.4. The third-order valence-electron chi connectivity index (χ3n) is 4.33. The third kappa shape index (κ3) is 2.53. The van der Waals surface area contributed by atoms with E-state index in [0.29, 0.717) is 49.2 Å². The molecule has 7 nitrogen and oxygen atoms in total. The first-order valence-corrected chi connectivity index (χ1v) is 7.99. The van der Waals surface area contributed by atoms with Gasteiger partial charge in [0.15, 0.2) is 0 Å². The fraction of sp³-hybridized carbons (Fsp3) is 0.692. The minimum Gasteiger partial charge on any atom is -0.381 e. The largest absolute Gasteiger partial charge is 0.381 e. The molecule has 3 heterocycles. The van der Waals surface area contributed by atoms with Gasteiger partial charge in [0.2, 0.25) is 5.13 Å². The second-order valence-electron chi connectivity index (χ2n) is 5.95. The monoisotopic (exact) mass is 308 g/mol. The second-order valence-corrected chi connectivity index (χ2v) is 6.71. The Kier molecular flexibility index (Phi) is 3.15. The fourth-order valence-electron chi connectivity index (χ4n) is 2.94. The molecule has 1 saturated carbocycles. The molecule has 0 aromatic carbocycles. The van der Waals surface area contributed by atoms with Crippen LogP contribution in [0.3, 0.4) is 0 Å². The van der Waals surface area contributed by atoms with Crippen molar-refractivity contribution in [2.24, 2.45) is 11.8 Å². The van der Waals surface area contributed by atoms with Gasteiger partial charge in [-0.2, -0.15) is 4.37 Å². The van der Waals surface area contributed by atoms with Gasteiger partial charge in [-0.05, 0) is 12.8 Å². The van der Waals surface area contributed by atoms with E-state index in [1.807, 2.05) is 0 Å². The number of rotatable bonds is 2. The maximum absolute atomic E-state index is 12.2. The molecule has 3 fully saturated rings. The van der Waals surface area contributed by atoms with E-state index in [2.05, 4.69) is 14.7 Å². The van der Waals surface area contributed by atoms with Crippen molar-refractivity contribution < 1.29 is 14.3 Å². The summed E-state index contributed by atoms with van der Waals surface area (Å²) in [5.74, 6) is 0.896. The molecular formula is C13H16N4O3S. The average molecular weight is 308 g/mol. The molecule has 0 spiro atoms. The highest BCUT2D eigenvalue weighted by Crippen LogP contribution is 2.39. The first-order chi connectivity index (χ1) is 10.2. The van der Waals surface area contributed by atoms with Crippen molar-refractivity contribution in [2.45, 2.75) is 18.8 Å². The molecule has 21 heavy (non-hydrogen) atoms. The Bertz CT molecular complexity index is 574. The van der Waals surface area contributed by atoms with Crippen LogP contribution in [0.1, 0.15) is 24.6 Å². The summed E-state index contributed by atoms with van der Waals surface area (Å²) >= 11 is 1.14. The summed E-state index contributed by atoms with van der Waals surface area (Å²) in [5, 5.41) is 2.99. The minimum absolute atomic E-state index is 0.379. The van der Waals surface area contributed by atoms with Gasteiger partial charge in [0, 0.05) is 42.4 Å². The number of hydrogen-bond acceptors (Lipinski definition) is 6. The maximum Gasteiger partial charge on any atom is 0.315 e. The fourth-order valence-corrected chi connectivity index (χ4v) is 3.58. The van der Waals surface area contributed by atoms with Gasteiger partial charge in [-0.1, -0.05) is 0 Å². The maximum atomic E-state index is 12.2. The molecule has 0 unspecified atom stereocenters. The lowest BCUT2D eigenvalue weighted by atomic mass is 10.0. The number of carbonyl (C=O) groups is 2. The Morgan fingerprint density at radius 3 is 2.62 bits per heavy atom. The number of amides is 2. The van der Waals surface area contributed by atoms with Gasteiger partial charge >= 0.3 is 11.8 Å². The standard InChI is InChI=1S/C13H16N4O3S/c18-11(15-13-14-10(16-21-13)7-1-2-7)12(19)17-3-8-5-20-6-9(8)4-17/h7-9H,1-6H2,(H,14,15,16,18)/t8-,9+. The molecule has 2 atom stereocenters. The molecule has 8 heteroatoms. The van der Waals surface area contributed by atoms with E-state index in [4.69, 9.17) is 4.74 Å². The molecule has 4 rings (SSSR count). The minimum atomic E-state index is -0.616. The van der Waals surface area contributed by atoms with Crippen molar-refractivity contribution in [3.05, 3.63) is 5.82 Å². The summed E-state index contributed by atoms with van der Waals surface area (Å²) in [7, 11) is 0. The van der Waals surface area contributed by atoms with Crippen LogP contribution in [-0.4, -0.2) is 52.4 Å². The number of likely N-dealkylation sites (tertiary alicyclic amines) is 1. The van der Waals surface area contributed by atoms with E-state index < -0.39 is 11.8 Å². The third-order valence-corrected chi connectivity index (χ3v) is 4.97. The lowest BCUT2D eigenvalue weighted by Gasteiger charge is -2.15. The van der Waals surface area contributed by atoms with E-state index >= 15 is 0 Å². The lowest BCUT2D eigenvalue weighted by Crippen LogP contribution is -2.39. The van der Waals surface area contributed by atoms with Crippen molar-refractivity contribution in [1.82, 2.24) is 14.3 Å². The number of aromatic nitrogens is 2. The van der Waals surface area contributed by atoms with Gasteiger partial charge in [-0.3, -0.25) is 14.9 Å². The van der Waals surface area contributed by atoms with E-state index in [1.54, 1.807) is 4.90 Å². The predicted octanol–water partition coefficient (Wildman–Crippen LogP) is 0.459. The number of carbonyl (C=O) groups excluding carboxylic acids is 2. The van der Waals surface area contributed by atoms with E-state index in [1.165, 1.54) is 0 Å². The molecule has 2 aliphatic heterocycles. The van der Waals surface area contributed by atoms with Crippen LogP contribution in [0, 0.1) is 11.8 Å². The molecule has 0 radical (unpaired) electrons. The van der Waals surface area contributed by atoms with Crippen molar-refractivity contribution in [1.29, 1.82) is 0 Å². The van der Waals surface area contributed by atoms with E-state index in [9.17, 15) is 9.59 Å². The average Bonchev–Trinajstić information content (AvgIpc) is 2.87. The highest BCUT2D eigenvalue weighted by atomic mass is 32.1. The zero-order chi connectivity index (χ0) is 14.4. The Morgan fingerprint density at radius 1 is 1.24 bits per heavy atom. The molecule has 2 amide bonds. The highest BCUT2D eigenvalue weighted by molar-refractivity contribution is 7.10. The first kappa shape index (κ1) is 13.1. The van der Waals surface area contributed by atoms with E-state index in [-0.39, 0.29) is 0 Å². The van der Waals surface area contributed by atoms with Crippen molar-refractivity contribution >= 4 is 28.5 Å². The second kappa shape index (κ2) is 5.03. The van der Waals surface area contributed by atoms with Crippen LogP contribution in [0.25, 0.3) is 0 Å². The quantitative estimate of drug-likeness (QED) is 0.802. The SMILES string of the molecule is O=C(Nc1nc(C2CC2)ns1)C(=O)N1C[C@H]2COC[C@H]2C1. The summed E-state index contributed by atoms with van der Waals surface area (Å²) in [4.78, 5) is 30.1. The molecule has 1 aliphatic carbocycles. The molecular weight excluding hydrogens is 292 g/mol. The molecule has 1 aromatic rings. The van der Waals surface area contributed by atoms with Gasteiger partial charge < -0.3 is 9.64 Å². The number of ether oxygens (including phenoxy) is 1. The number of anilines is 1. The van der Waals surface area contributed by atoms with Crippen LogP contribution in [0.5, 0.6) is 0 Å². The molecule has 2 saturated heterocycles. The van der Waals surface area contributed by atoms with Gasteiger partial charge in [0.1, 0.15) is 5.82 Å². The van der Waals surface area contributed by atoms with Crippen LogP contribution in [-0.2, 0) is 14.3 Å². The Hall–Kier alpha value is -1.54. The molecule has 112 valence electrons. The topological polar surface area (TPSA) is 84.4 Å². The van der Waals surface area contributed by atoms with Crippen molar-refractivity contribution in [3.63, 3.8) is 0 Å². The highest BCUT2D eigenvalue weighted by Gasteiger charge is 2.40. The van der Waals surface area contributed by atoms with E-state index in [0.717, 1.165) is 30.2 Å². The molecule has 1 N–H and O–H groups in total. The van der Waals surface area contributed by atoms with Crippen molar-refractivity contribution in [2.75, 3.05) is 31.6 Å². The van der Waals surface area contributed by atoms with Crippen LogP contribution < -0.4 is 5.32 Å². The van der Waals surface area contributed by atoms with Gasteiger partial charge in [0.05, 0.1) is 13.2 Å². The molecule has 1 aromatic heterocycles. The Labute approximate surface area is 125 Å². The number of hydrogen-bond donors (Lipinski definition) is 1. The summed E-state index contributed by atoms with van der Waals surface area (Å²) < 4.78 is 9.58. The van der Waals surface area contributed by atoms with Gasteiger partial charge in [-0.15, -0.1) is 0 Å². The van der Waals surface area contributed by atoms with Gasteiger partial charge in [0.25, 0.3) is 0 Å². The van der Waals surface area contributed by atoms with Crippen LogP contribution in [0.15, 0.2) is 0 Å². The zero-order valence-corrected chi connectivity index (χ0v) is 12.3.